The van der Waals surface area contributed by atoms with Crippen molar-refractivity contribution in [1.82, 2.24) is 4.48 Å². The predicted octanol–water partition coefficient (Wildman–Crippen LogP) is -1.01. The zero-order chi connectivity index (χ0) is 12.0. The number of nitrogens with zero attached hydrogens (tertiary/aromatic N) is 1. The molecule has 3 nitrogen and oxygen atoms in total. The Balaban J connectivity index is 0.00000256. The third-order valence-electron chi connectivity index (χ3n) is 2.52. The SMILES string of the molecule is C=CC(=O)OCC[N+](C)(C)c1ccccc1.[Cl-]. The Bertz CT molecular complexity index is 363. The van der Waals surface area contributed by atoms with E-state index >= 15 is 0 Å². The molecule has 0 aliphatic heterocycles. The highest BCUT2D eigenvalue weighted by Gasteiger charge is 2.18. The van der Waals surface area contributed by atoms with E-state index in [2.05, 4.69) is 32.8 Å². The predicted molar refractivity (Wildman–Crippen MR) is 66.1 cm³/mol. The summed E-state index contributed by atoms with van der Waals surface area (Å²) >= 11 is 0. The lowest BCUT2D eigenvalue weighted by Crippen LogP contribution is -3.00. The number of esters is 1. The van der Waals surface area contributed by atoms with Crippen LogP contribution in [0.15, 0.2) is 43.0 Å². The van der Waals surface area contributed by atoms with Gasteiger partial charge in [0.05, 0.1) is 14.1 Å². The highest BCUT2D eigenvalue weighted by molar-refractivity contribution is 5.81. The molecule has 0 aliphatic carbocycles. The van der Waals surface area contributed by atoms with E-state index in [4.69, 9.17) is 4.74 Å². The lowest BCUT2D eigenvalue weighted by atomic mass is 10.2. The van der Waals surface area contributed by atoms with Crippen LogP contribution < -0.4 is 16.9 Å². The molecule has 1 aromatic rings. The maximum Gasteiger partial charge on any atom is 0.330 e. The zero-order valence-corrected chi connectivity index (χ0v) is 11.0. The van der Waals surface area contributed by atoms with Crippen LogP contribution in [0.1, 0.15) is 0 Å². The van der Waals surface area contributed by atoms with Gasteiger partial charge in [-0.3, -0.25) is 4.48 Å². The van der Waals surface area contributed by atoms with E-state index < -0.39 is 0 Å². The van der Waals surface area contributed by atoms with Gasteiger partial charge in [-0.1, -0.05) is 24.8 Å². The summed E-state index contributed by atoms with van der Waals surface area (Å²) in [6, 6.07) is 10.1. The Morgan fingerprint density at radius 3 is 2.47 bits per heavy atom. The molecule has 0 saturated carbocycles. The van der Waals surface area contributed by atoms with Crippen molar-refractivity contribution < 1.29 is 21.9 Å². The van der Waals surface area contributed by atoms with Gasteiger partial charge in [0.15, 0.2) is 0 Å². The summed E-state index contributed by atoms with van der Waals surface area (Å²) in [6.45, 7) is 4.49. The largest absolute Gasteiger partial charge is 1.00 e. The molecule has 0 aliphatic rings. The Morgan fingerprint density at radius 1 is 1.35 bits per heavy atom. The van der Waals surface area contributed by atoms with Crippen LogP contribution in [0.3, 0.4) is 0 Å². The molecule has 0 unspecified atom stereocenters. The van der Waals surface area contributed by atoms with Crippen molar-refractivity contribution in [3.8, 4) is 0 Å². The molecule has 1 aromatic carbocycles. The average molecular weight is 256 g/mol. The summed E-state index contributed by atoms with van der Waals surface area (Å²) in [5, 5.41) is 0. The van der Waals surface area contributed by atoms with Crippen LogP contribution in [0.5, 0.6) is 0 Å². The molecule has 1 rings (SSSR count). The number of hydrogen-bond acceptors (Lipinski definition) is 2. The maximum absolute atomic E-state index is 10.9. The molecule has 0 N–H and O–H groups in total. The van der Waals surface area contributed by atoms with Crippen molar-refractivity contribution in [2.45, 2.75) is 0 Å². The first-order valence-corrected chi connectivity index (χ1v) is 5.24. The van der Waals surface area contributed by atoms with E-state index in [0.717, 1.165) is 6.54 Å². The molecular weight excluding hydrogens is 238 g/mol. The molecule has 0 bridgehead atoms. The van der Waals surface area contributed by atoms with Gasteiger partial charge in [-0.2, -0.15) is 0 Å². The number of carbonyl (C=O) groups is 1. The number of para-hydroxylation sites is 1. The summed E-state index contributed by atoms with van der Waals surface area (Å²) in [5.41, 5.74) is 1.19. The van der Waals surface area contributed by atoms with Crippen molar-refractivity contribution in [2.75, 3.05) is 27.2 Å². The van der Waals surface area contributed by atoms with Crippen LogP contribution in [-0.2, 0) is 9.53 Å². The van der Waals surface area contributed by atoms with Gasteiger partial charge in [-0.05, 0) is 12.1 Å². The van der Waals surface area contributed by atoms with Crippen molar-refractivity contribution >= 4 is 11.7 Å². The lowest BCUT2D eigenvalue weighted by Gasteiger charge is -2.28. The van der Waals surface area contributed by atoms with Crippen molar-refractivity contribution in [3.63, 3.8) is 0 Å². The second kappa shape index (κ2) is 7.09. The van der Waals surface area contributed by atoms with Gasteiger partial charge in [-0.15, -0.1) is 0 Å². The summed E-state index contributed by atoms with van der Waals surface area (Å²) < 4.78 is 5.66. The van der Waals surface area contributed by atoms with E-state index in [9.17, 15) is 4.79 Å². The van der Waals surface area contributed by atoms with E-state index in [-0.39, 0.29) is 18.4 Å². The molecule has 0 aromatic heterocycles. The normalized spacial score (nSPS) is 10.2. The Labute approximate surface area is 109 Å². The number of halogens is 1. The second-order valence-electron chi connectivity index (χ2n) is 4.12. The first kappa shape index (κ1) is 15.7. The van der Waals surface area contributed by atoms with E-state index in [1.165, 1.54) is 11.8 Å². The number of likely N-dealkylation sites (N-methyl/N-ethyl adjacent to an activating group) is 1. The molecule has 94 valence electrons. The minimum atomic E-state index is -0.368. The molecule has 17 heavy (non-hydrogen) atoms. The number of hydrogen-bond donors (Lipinski definition) is 0. The summed E-state index contributed by atoms with van der Waals surface area (Å²) in [7, 11) is 4.16. The van der Waals surface area contributed by atoms with Crippen LogP contribution in [0.2, 0.25) is 0 Å². The number of benzene rings is 1. The van der Waals surface area contributed by atoms with Gasteiger partial charge in [0.2, 0.25) is 0 Å². The summed E-state index contributed by atoms with van der Waals surface area (Å²) in [4.78, 5) is 10.9. The van der Waals surface area contributed by atoms with E-state index in [1.807, 2.05) is 18.2 Å². The minimum absolute atomic E-state index is 0. The van der Waals surface area contributed by atoms with Gasteiger partial charge in [-0.25, -0.2) is 4.79 Å². The fraction of sp³-hybridized carbons (Fsp3) is 0.308. The number of ether oxygens (including phenoxy) is 1. The summed E-state index contributed by atoms with van der Waals surface area (Å²) in [6.07, 6.45) is 1.18. The molecular formula is C13H18ClNO2. The first-order chi connectivity index (χ1) is 7.56. The number of rotatable bonds is 5. The first-order valence-electron chi connectivity index (χ1n) is 5.24. The topological polar surface area (TPSA) is 26.3 Å². The molecule has 0 spiro atoms. The van der Waals surface area contributed by atoms with Crippen LogP contribution >= 0.6 is 0 Å². The second-order valence-corrected chi connectivity index (χ2v) is 4.12. The van der Waals surface area contributed by atoms with Crippen molar-refractivity contribution in [3.05, 3.63) is 43.0 Å². The lowest BCUT2D eigenvalue weighted by molar-refractivity contribution is -0.137. The van der Waals surface area contributed by atoms with E-state index in [0.29, 0.717) is 11.1 Å². The average Bonchev–Trinajstić information content (AvgIpc) is 2.30. The number of carbonyl (C=O) groups excluding carboxylic acids is 1. The van der Waals surface area contributed by atoms with Crippen LogP contribution in [0.4, 0.5) is 5.69 Å². The summed E-state index contributed by atoms with van der Waals surface area (Å²) in [5.74, 6) is -0.368. The number of quaternary nitrogens is 1. The van der Waals surface area contributed by atoms with Crippen molar-refractivity contribution in [2.24, 2.45) is 0 Å². The zero-order valence-electron chi connectivity index (χ0n) is 10.2. The highest BCUT2D eigenvalue weighted by atomic mass is 35.5. The Hall–Kier alpha value is -1.32. The van der Waals surface area contributed by atoms with Crippen LogP contribution in [0, 0.1) is 0 Å². The van der Waals surface area contributed by atoms with E-state index in [1.54, 1.807) is 0 Å². The van der Waals surface area contributed by atoms with Crippen molar-refractivity contribution in [1.29, 1.82) is 0 Å². The fourth-order valence-corrected chi connectivity index (χ4v) is 1.39. The van der Waals surface area contributed by atoms with Crippen LogP contribution in [-0.4, -0.2) is 33.2 Å². The molecule has 0 fully saturated rings. The van der Waals surface area contributed by atoms with Gasteiger partial charge >= 0.3 is 5.97 Å². The van der Waals surface area contributed by atoms with Gasteiger partial charge in [0.1, 0.15) is 18.8 Å². The maximum atomic E-state index is 10.9. The van der Waals surface area contributed by atoms with Gasteiger partial charge < -0.3 is 17.1 Å². The van der Waals surface area contributed by atoms with Gasteiger partial charge in [0, 0.05) is 6.08 Å². The highest BCUT2D eigenvalue weighted by Crippen LogP contribution is 2.17. The smallest absolute Gasteiger partial charge is 0.330 e. The quantitative estimate of drug-likeness (QED) is 0.383. The molecule has 0 saturated heterocycles. The van der Waals surface area contributed by atoms with Gasteiger partial charge in [0.25, 0.3) is 0 Å². The Morgan fingerprint density at radius 2 is 1.94 bits per heavy atom. The Kier molecular flexibility index (Phi) is 6.54. The fourth-order valence-electron chi connectivity index (χ4n) is 1.39. The molecule has 4 heteroatoms. The monoisotopic (exact) mass is 255 g/mol. The molecule has 0 atom stereocenters. The molecule has 0 heterocycles. The third kappa shape index (κ3) is 5.02. The molecule has 0 radical (unpaired) electrons. The molecule has 0 amide bonds. The standard InChI is InChI=1S/C13H18NO2.ClH/c1-4-13(15)16-11-10-14(2,3)12-8-6-5-7-9-12;/h4-9H,1,10-11H2,2-3H3;1H/q+1;/p-1. The third-order valence-corrected chi connectivity index (χ3v) is 2.52. The minimum Gasteiger partial charge on any atom is -1.00 e. The van der Waals surface area contributed by atoms with Crippen LogP contribution in [0.25, 0.3) is 0 Å².